The Morgan fingerprint density at radius 2 is 2.20 bits per heavy atom. The molecule has 0 spiro atoms. The predicted molar refractivity (Wildman–Crippen MR) is 74.1 cm³/mol. The average Bonchev–Trinajstić information content (AvgIpc) is 2.37. The number of nitrogens with one attached hydrogen (secondary N) is 1. The number of nitrogen functional groups attached to an aromatic ring is 1. The number of imide groups is 1. The van der Waals surface area contributed by atoms with Crippen molar-refractivity contribution in [1.82, 2.24) is 10.2 Å². The average molecular weight is 296 g/mol. The fourth-order valence-electron chi connectivity index (χ4n) is 2.17. The number of benzene rings is 1. The lowest BCUT2D eigenvalue weighted by Crippen LogP contribution is -2.59. The molecule has 0 radical (unpaired) electrons. The van der Waals surface area contributed by atoms with Gasteiger partial charge in [0.2, 0.25) is 11.8 Å². The van der Waals surface area contributed by atoms with Crippen molar-refractivity contribution in [3.8, 4) is 0 Å². The Morgan fingerprint density at radius 3 is 2.80 bits per heavy atom. The van der Waals surface area contributed by atoms with Crippen LogP contribution < -0.4 is 11.1 Å². The molecular formula is C13H14ClN3O3. The van der Waals surface area contributed by atoms with Crippen LogP contribution in [0.2, 0.25) is 5.02 Å². The highest BCUT2D eigenvalue weighted by Crippen LogP contribution is 2.22. The van der Waals surface area contributed by atoms with Crippen LogP contribution in [-0.2, 0) is 9.59 Å². The van der Waals surface area contributed by atoms with Gasteiger partial charge in [-0.1, -0.05) is 18.5 Å². The number of hydrogen-bond acceptors (Lipinski definition) is 4. The highest BCUT2D eigenvalue weighted by atomic mass is 35.5. The molecule has 106 valence electrons. The fraction of sp³-hybridized carbons (Fsp3) is 0.308. The third kappa shape index (κ3) is 2.60. The number of amides is 3. The summed E-state index contributed by atoms with van der Waals surface area (Å²) in [5.74, 6) is -1.42. The Balaban J connectivity index is 2.34. The van der Waals surface area contributed by atoms with Crippen LogP contribution in [0.3, 0.4) is 0 Å². The molecule has 7 heteroatoms. The molecular weight excluding hydrogens is 282 g/mol. The lowest BCUT2D eigenvalue weighted by Gasteiger charge is -2.33. The monoisotopic (exact) mass is 295 g/mol. The molecule has 20 heavy (non-hydrogen) atoms. The second-order valence-corrected chi connectivity index (χ2v) is 4.94. The molecule has 0 aromatic heterocycles. The largest absolute Gasteiger partial charge is 0.398 e. The van der Waals surface area contributed by atoms with Gasteiger partial charge in [0, 0.05) is 10.7 Å². The summed E-state index contributed by atoms with van der Waals surface area (Å²) in [6, 6.07) is 3.82. The zero-order chi connectivity index (χ0) is 14.9. The Morgan fingerprint density at radius 1 is 1.50 bits per heavy atom. The minimum Gasteiger partial charge on any atom is -0.398 e. The number of rotatable bonds is 2. The lowest BCUT2D eigenvalue weighted by molar-refractivity contribution is -0.138. The number of nitrogens with two attached hydrogens (primary N) is 1. The first-order valence-corrected chi connectivity index (χ1v) is 6.51. The number of halogens is 1. The Kier molecular flexibility index (Phi) is 3.94. The molecule has 1 heterocycles. The van der Waals surface area contributed by atoms with Crippen molar-refractivity contribution in [3.05, 3.63) is 28.8 Å². The van der Waals surface area contributed by atoms with E-state index in [9.17, 15) is 14.4 Å². The summed E-state index contributed by atoms with van der Waals surface area (Å²) in [7, 11) is 0. The first-order valence-electron chi connectivity index (χ1n) is 6.13. The van der Waals surface area contributed by atoms with Crippen molar-refractivity contribution >= 4 is 35.0 Å². The van der Waals surface area contributed by atoms with E-state index in [4.69, 9.17) is 17.3 Å². The van der Waals surface area contributed by atoms with Gasteiger partial charge in [0.1, 0.15) is 12.6 Å². The van der Waals surface area contributed by atoms with Crippen molar-refractivity contribution in [1.29, 1.82) is 0 Å². The van der Waals surface area contributed by atoms with Gasteiger partial charge in [-0.2, -0.15) is 0 Å². The molecule has 2 rings (SSSR count). The van der Waals surface area contributed by atoms with Crippen LogP contribution in [0.1, 0.15) is 23.7 Å². The van der Waals surface area contributed by atoms with E-state index in [-0.39, 0.29) is 17.8 Å². The Hall–Kier alpha value is -2.08. The predicted octanol–water partition coefficient (Wildman–Crippen LogP) is 0.799. The molecule has 3 amide bonds. The van der Waals surface area contributed by atoms with Crippen LogP contribution in [0.15, 0.2) is 18.2 Å². The number of carbonyl (C=O) groups excluding carboxylic acids is 3. The minimum atomic E-state index is -0.671. The normalized spacial score (nSPS) is 18.9. The number of nitrogens with zero attached hydrogens (tertiary/aromatic N) is 1. The van der Waals surface area contributed by atoms with E-state index in [0.29, 0.717) is 11.4 Å². The van der Waals surface area contributed by atoms with Crippen LogP contribution in [0.25, 0.3) is 0 Å². The molecule has 0 bridgehead atoms. The van der Waals surface area contributed by atoms with Crippen molar-refractivity contribution < 1.29 is 14.4 Å². The van der Waals surface area contributed by atoms with Gasteiger partial charge in [-0.3, -0.25) is 19.7 Å². The summed E-state index contributed by atoms with van der Waals surface area (Å²) in [4.78, 5) is 36.9. The Labute approximate surface area is 120 Å². The molecule has 0 aliphatic carbocycles. The van der Waals surface area contributed by atoms with E-state index in [0.717, 1.165) is 0 Å². The van der Waals surface area contributed by atoms with Crippen LogP contribution in [0.5, 0.6) is 0 Å². The van der Waals surface area contributed by atoms with Gasteiger partial charge < -0.3 is 10.6 Å². The third-order valence-electron chi connectivity index (χ3n) is 3.15. The van der Waals surface area contributed by atoms with Gasteiger partial charge in [0.15, 0.2) is 0 Å². The molecule has 1 saturated heterocycles. The highest BCUT2D eigenvalue weighted by molar-refractivity contribution is 6.31. The molecule has 1 fully saturated rings. The maximum atomic E-state index is 12.5. The summed E-state index contributed by atoms with van der Waals surface area (Å²) in [5.41, 5.74) is 6.22. The topological polar surface area (TPSA) is 92.5 Å². The van der Waals surface area contributed by atoms with Gasteiger partial charge in [-0.15, -0.1) is 0 Å². The Bertz CT molecular complexity index is 588. The highest BCUT2D eigenvalue weighted by Gasteiger charge is 2.36. The van der Waals surface area contributed by atoms with Crippen molar-refractivity contribution in [2.45, 2.75) is 19.4 Å². The van der Waals surface area contributed by atoms with Gasteiger partial charge in [0.05, 0.1) is 5.56 Å². The zero-order valence-electron chi connectivity index (χ0n) is 10.9. The second kappa shape index (κ2) is 5.50. The molecule has 1 aliphatic rings. The van der Waals surface area contributed by atoms with Gasteiger partial charge in [0.25, 0.3) is 5.91 Å². The van der Waals surface area contributed by atoms with E-state index < -0.39 is 23.8 Å². The fourth-order valence-corrected chi connectivity index (χ4v) is 2.35. The third-order valence-corrected chi connectivity index (χ3v) is 3.38. The summed E-state index contributed by atoms with van der Waals surface area (Å²) >= 11 is 5.79. The number of carbonyl (C=O) groups is 3. The zero-order valence-corrected chi connectivity index (χ0v) is 11.6. The molecule has 1 aromatic carbocycles. The molecule has 1 atom stereocenters. The van der Waals surface area contributed by atoms with Crippen LogP contribution in [0.4, 0.5) is 5.69 Å². The van der Waals surface area contributed by atoms with E-state index in [1.807, 2.05) is 0 Å². The van der Waals surface area contributed by atoms with Gasteiger partial charge in [-0.25, -0.2) is 0 Å². The smallest absolute Gasteiger partial charge is 0.257 e. The van der Waals surface area contributed by atoms with Gasteiger partial charge >= 0.3 is 0 Å². The maximum Gasteiger partial charge on any atom is 0.257 e. The van der Waals surface area contributed by atoms with Gasteiger partial charge in [-0.05, 0) is 24.6 Å². The summed E-state index contributed by atoms with van der Waals surface area (Å²) in [5, 5.41) is 2.63. The van der Waals surface area contributed by atoms with E-state index in [2.05, 4.69) is 5.32 Å². The molecule has 1 aromatic rings. The summed E-state index contributed by atoms with van der Waals surface area (Å²) in [6.07, 6.45) is 0.415. The van der Waals surface area contributed by atoms with E-state index in [1.54, 1.807) is 6.92 Å². The first-order chi connectivity index (χ1) is 9.43. The van der Waals surface area contributed by atoms with E-state index >= 15 is 0 Å². The lowest BCUT2D eigenvalue weighted by atomic mass is 10.1. The van der Waals surface area contributed by atoms with Crippen molar-refractivity contribution in [2.75, 3.05) is 12.3 Å². The molecule has 3 N–H and O–H groups in total. The van der Waals surface area contributed by atoms with Crippen LogP contribution in [0, 0.1) is 0 Å². The van der Waals surface area contributed by atoms with Crippen molar-refractivity contribution in [3.63, 3.8) is 0 Å². The summed E-state index contributed by atoms with van der Waals surface area (Å²) in [6.45, 7) is 1.61. The number of anilines is 1. The standard InChI is InChI=1S/C13H14ClN3O3/c1-2-10-12(19)16-11(18)6-17(10)13(20)8-4-3-7(14)5-9(8)15/h3-5,10H,2,6,15H2,1H3,(H,16,18,19). The molecule has 1 aliphatic heterocycles. The minimum absolute atomic E-state index is 0.162. The maximum absolute atomic E-state index is 12.5. The SMILES string of the molecule is CCC1C(=O)NC(=O)CN1C(=O)c1ccc(Cl)cc1N. The van der Waals surface area contributed by atoms with Crippen LogP contribution >= 0.6 is 11.6 Å². The second-order valence-electron chi connectivity index (χ2n) is 4.50. The first kappa shape index (κ1) is 14.3. The number of piperazine rings is 1. The van der Waals surface area contributed by atoms with Crippen molar-refractivity contribution in [2.24, 2.45) is 0 Å². The summed E-state index contributed by atoms with van der Waals surface area (Å²) < 4.78 is 0. The van der Waals surface area contributed by atoms with Crippen LogP contribution in [-0.4, -0.2) is 35.2 Å². The molecule has 0 saturated carbocycles. The quantitative estimate of drug-likeness (QED) is 0.623. The van der Waals surface area contributed by atoms with E-state index in [1.165, 1.54) is 23.1 Å². The number of hydrogen-bond donors (Lipinski definition) is 2. The molecule has 6 nitrogen and oxygen atoms in total. The molecule has 1 unspecified atom stereocenters.